The summed E-state index contributed by atoms with van der Waals surface area (Å²) in [6, 6.07) is 1.02. The van der Waals surface area contributed by atoms with Gasteiger partial charge in [0.25, 0.3) is 0 Å². The van der Waals surface area contributed by atoms with Crippen LogP contribution >= 0.6 is 11.8 Å². The number of amidine groups is 1. The van der Waals surface area contributed by atoms with E-state index in [0.717, 1.165) is 11.8 Å². The number of amides is 1. The third-order valence-corrected chi connectivity index (χ3v) is 3.86. The van der Waals surface area contributed by atoms with Crippen LogP contribution in [0.15, 0.2) is 22.3 Å². The van der Waals surface area contributed by atoms with Crippen LogP contribution in [0.25, 0.3) is 0 Å². The highest BCUT2D eigenvalue weighted by Crippen LogP contribution is 2.30. The second-order valence-corrected chi connectivity index (χ2v) is 5.85. The Bertz CT molecular complexity index is 797. The van der Waals surface area contributed by atoms with Crippen molar-refractivity contribution in [1.82, 2.24) is 5.32 Å². The fraction of sp³-hybridized carbons (Fsp3) is 0.231. The third kappa shape index (κ3) is 5.15. The minimum absolute atomic E-state index is 0.146. The molecule has 0 radical (unpaired) electrons. The molecule has 13 heteroatoms. The highest BCUT2D eigenvalue weighted by Gasteiger charge is 2.34. The first kappa shape index (κ1) is 19.6. The van der Waals surface area contributed by atoms with Crippen LogP contribution in [0.3, 0.4) is 0 Å². The van der Waals surface area contributed by atoms with Gasteiger partial charge < -0.3 is 15.2 Å². The normalized spacial score (nSPS) is 19.2. The van der Waals surface area contributed by atoms with E-state index in [9.17, 15) is 31.5 Å². The first-order valence-corrected chi connectivity index (χ1v) is 7.49. The summed E-state index contributed by atoms with van der Waals surface area (Å²) in [7, 11) is 0. The Hall–Kier alpha value is -2.70. The van der Waals surface area contributed by atoms with Gasteiger partial charge in [0, 0.05) is 0 Å². The van der Waals surface area contributed by atoms with E-state index in [-0.39, 0.29) is 5.17 Å². The number of hydrogen-bond acceptors (Lipinski definition) is 6. The number of ether oxygens (including phenoxy) is 1. The molecule has 1 heterocycles. The maximum absolute atomic E-state index is 13.7. The molecule has 2 N–H and O–H groups in total. The summed E-state index contributed by atoms with van der Waals surface area (Å²) < 4.78 is 67.6. The molecular formula is C13H8F5N3O4S. The first-order chi connectivity index (χ1) is 12.1. The smallest absolute Gasteiger partial charge is 0.481 e. The van der Waals surface area contributed by atoms with Gasteiger partial charge in [0.15, 0.2) is 16.7 Å². The second kappa shape index (κ2) is 7.68. The van der Waals surface area contributed by atoms with E-state index >= 15 is 0 Å². The number of carboxylic acids is 1. The zero-order chi connectivity index (χ0) is 19.5. The van der Waals surface area contributed by atoms with Gasteiger partial charge >= 0.3 is 12.3 Å². The van der Waals surface area contributed by atoms with Gasteiger partial charge in [-0.05, 0) is 12.1 Å². The molecule has 1 atom stereocenters. The molecule has 1 fully saturated rings. The Morgan fingerprint density at radius 3 is 2.62 bits per heavy atom. The second-order valence-electron chi connectivity index (χ2n) is 4.66. The average Bonchev–Trinajstić information content (AvgIpc) is 2.84. The van der Waals surface area contributed by atoms with E-state index in [1.165, 1.54) is 0 Å². The van der Waals surface area contributed by atoms with Gasteiger partial charge in [0.05, 0.1) is 18.2 Å². The van der Waals surface area contributed by atoms with E-state index in [2.05, 4.69) is 20.3 Å². The summed E-state index contributed by atoms with van der Waals surface area (Å²) in [6.45, 7) is 0. The molecule has 7 nitrogen and oxygen atoms in total. The molecule has 1 saturated heterocycles. The van der Waals surface area contributed by atoms with Gasteiger partial charge in [-0.3, -0.25) is 9.59 Å². The number of benzene rings is 1. The van der Waals surface area contributed by atoms with Gasteiger partial charge in [-0.25, -0.2) is 8.78 Å². The molecule has 1 unspecified atom stereocenters. The standard InChI is InChI=1S/C13H8F5N3O4S/c14-6-1-2-7(15)10(25-13(16,17)18)5(6)4-19-21-12-20-11(24)8(26-12)3-9(22)23/h1-2,4,8H,3H2,(H,22,23)(H,20,21,24). The SMILES string of the molecule is O=C(O)CC1SC(=NN=Cc2c(F)ccc(F)c2OC(F)(F)F)NC1=O. The van der Waals surface area contributed by atoms with Crippen LogP contribution in [0.5, 0.6) is 5.75 Å². The van der Waals surface area contributed by atoms with Gasteiger partial charge in [0.2, 0.25) is 5.91 Å². The van der Waals surface area contributed by atoms with Crippen molar-refractivity contribution in [2.45, 2.75) is 18.0 Å². The lowest BCUT2D eigenvalue weighted by Gasteiger charge is -2.12. The van der Waals surface area contributed by atoms with Crippen LogP contribution in [-0.2, 0) is 9.59 Å². The van der Waals surface area contributed by atoms with Crippen molar-refractivity contribution < 1.29 is 41.4 Å². The largest absolute Gasteiger partial charge is 0.573 e. The van der Waals surface area contributed by atoms with Crippen molar-refractivity contribution >= 4 is 35.0 Å². The number of carboxylic acid groups (broad SMARTS) is 1. The molecule has 0 aliphatic carbocycles. The van der Waals surface area contributed by atoms with Gasteiger partial charge in [-0.1, -0.05) is 11.8 Å². The summed E-state index contributed by atoms with van der Waals surface area (Å²) in [6.07, 6.45) is -5.27. The monoisotopic (exact) mass is 397 g/mol. The van der Waals surface area contributed by atoms with Gasteiger partial charge in [-0.2, -0.15) is 5.10 Å². The van der Waals surface area contributed by atoms with Crippen LogP contribution in [0, 0.1) is 11.6 Å². The predicted molar refractivity (Wildman–Crippen MR) is 79.8 cm³/mol. The highest BCUT2D eigenvalue weighted by molar-refractivity contribution is 8.15. The van der Waals surface area contributed by atoms with E-state index in [4.69, 9.17) is 5.11 Å². The molecule has 26 heavy (non-hydrogen) atoms. The molecule has 1 aromatic rings. The van der Waals surface area contributed by atoms with Crippen LogP contribution in [-0.4, -0.2) is 40.0 Å². The van der Waals surface area contributed by atoms with Crippen LogP contribution in [0.2, 0.25) is 0 Å². The van der Waals surface area contributed by atoms with Crippen LogP contribution < -0.4 is 10.1 Å². The fourth-order valence-electron chi connectivity index (χ4n) is 1.77. The number of nitrogens with zero attached hydrogens (tertiary/aromatic N) is 2. The molecule has 0 spiro atoms. The minimum atomic E-state index is -5.26. The maximum atomic E-state index is 13.7. The zero-order valence-electron chi connectivity index (χ0n) is 12.4. The molecule has 140 valence electrons. The Balaban J connectivity index is 2.22. The molecule has 0 saturated carbocycles. The highest BCUT2D eigenvalue weighted by atomic mass is 32.2. The molecule has 1 amide bonds. The maximum Gasteiger partial charge on any atom is 0.573 e. The van der Waals surface area contributed by atoms with E-state index in [1.807, 2.05) is 0 Å². The molecule has 0 bridgehead atoms. The summed E-state index contributed by atoms with van der Waals surface area (Å²) in [5.41, 5.74) is -0.942. The predicted octanol–water partition coefficient (Wildman–Crippen LogP) is 2.26. The van der Waals surface area contributed by atoms with Gasteiger partial charge in [-0.15, -0.1) is 18.3 Å². The lowest BCUT2D eigenvalue weighted by molar-refractivity contribution is -0.275. The number of aliphatic carboxylic acids is 1. The number of alkyl halides is 3. The van der Waals surface area contributed by atoms with E-state index in [0.29, 0.717) is 18.3 Å². The number of thioether (sulfide) groups is 1. The number of carbonyl (C=O) groups excluding carboxylic acids is 1. The summed E-state index contributed by atoms with van der Waals surface area (Å²) in [4.78, 5) is 22.1. The van der Waals surface area contributed by atoms with Crippen molar-refractivity contribution in [1.29, 1.82) is 0 Å². The fourth-order valence-corrected chi connectivity index (χ4v) is 2.69. The molecule has 1 aliphatic heterocycles. The number of halogens is 5. The number of nitrogens with one attached hydrogen (secondary N) is 1. The Labute approximate surface area is 145 Å². The van der Waals surface area contributed by atoms with Crippen molar-refractivity contribution in [2.24, 2.45) is 10.2 Å². The van der Waals surface area contributed by atoms with E-state index in [1.54, 1.807) is 0 Å². The van der Waals surface area contributed by atoms with Crippen molar-refractivity contribution in [3.8, 4) is 5.75 Å². The average molecular weight is 397 g/mol. The Kier molecular flexibility index (Phi) is 5.79. The van der Waals surface area contributed by atoms with Crippen molar-refractivity contribution in [3.05, 3.63) is 29.3 Å². The minimum Gasteiger partial charge on any atom is -0.481 e. The number of hydrogen-bond donors (Lipinski definition) is 2. The number of rotatable bonds is 5. The number of carbonyl (C=O) groups is 2. The molecule has 0 aromatic heterocycles. The molecule has 2 rings (SSSR count). The Morgan fingerprint density at radius 1 is 1.35 bits per heavy atom. The Morgan fingerprint density at radius 2 is 2.00 bits per heavy atom. The molecular weight excluding hydrogens is 389 g/mol. The van der Waals surface area contributed by atoms with Crippen molar-refractivity contribution in [3.63, 3.8) is 0 Å². The van der Waals surface area contributed by atoms with Crippen LogP contribution in [0.1, 0.15) is 12.0 Å². The van der Waals surface area contributed by atoms with Crippen LogP contribution in [0.4, 0.5) is 22.0 Å². The summed E-state index contributed by atoms with van der Waals surface area (Å²) >= 11 is 0.719. The quantitative estimate of drug-likeness (QED) is 0.451. The van der Waals surface area contributed by atoms with Crippen molar-refractivity contribution in [2.75, 3.05) is 0 Å². The van der Waals surface area contributed by atoms with Gasteiger partial charge in [0.1, 0.15) is 11.1 Å². The summed E-state index contributed by atoms with van der Waals surface area (Å²) in [5.74, 6) is -6.01. The third-order valence-electron chi connectivity index (χ3n) is 2.78. The lowest BCUT2D eigenvalue weighted by Crippen LogP contribution is -2.26. The van der Waals surface area contributed by atoms with E-state index < -0.39 is 52.9 Å². The zero-order valence-corrected chi connectivity index (χ0v) is 13.2. The lowest BCUT2D eigenvalue weighted by atomic mass is 10.2. The summed E-state index contributed by atoms with van der Waals surface area (Å²) in [5, 5.41) is 16.4. The molecule has 1 aromatic carbocycles. The molecule has 1 aliphatic rings. The first-order valence-electron chi connectivity index (χ1n) is 6.61. The topological polar surface area (TPSA) is 100 Å².